The molecule has 1 fully saturated rings. The Bertz CT molecular complexity index is 175. The predicted octanol–water partition coefficient (Wildman–Crippen LogP) is 3.26. The van der Waals surface area contributed by atoms with Crippen molar-refractivity contribution in [3.63, 3.8) is 0 Å². The number of rotatable bonds is 3. The molecule has 0 spiro atoms. The van der Waals surface area contributed by atoms with Crippen molar-refractivity contribution in [3.8, 4) is 0 Å². The molecule has 1 saturated carbocycles. The minimum atomic E-state index is 0. The summed E-state index contributed by atoms with van der Waals surface area (Å²) in [5.74, 6) is 1.04. The molecular weight excluding hydrogens is 186 g/mol. The summed E-state index contributed by atoms with van der Waals surface area (Å²) in [7, 11) is 2.01. The second-order valence-corrected chi connectivity index (χ2v) is 4.39. The molecule has 0 unspecified atom stereocenters. The Morgan fingerprint density at radius 2 is 1.67 bits per heavy atom. The van der Waals surface area contributed by atoms with E-state index in [9.17, 15) is 4.79 Å². The van der Waals surface area contributed by atoms with Gasteiger partial charge in [0.05, 0.1) is 0 Å². The van der Waals surface area contributed by atoms with Gasteiger partial charge >= 0.3 is 0 Å². The first-order chi connectivity index (χ1) is 7.15. The van der Waals surface area contributed by atoms with Gasteiger partial charge in [0.2, 0.25) is 0 Å². The lowest BCUT2D eigenvalue weighted by atomic mass is 9.80. The zero-order valence-corrected chi connectivity index (χ0v) is 11.0. The van der Waals surface area contributed by atoms with E-state index in [2.05, 4.69) is 5.32 Å². The molecule has 1 rings (SSSR count). The van der Waals surface area contributed by atoms with Crippen molar-refractivity contribution in [2.45, 2.75) is 59.4 Å². The van der Waals surface area contributed by atoms with Gasteiger partial charge in [0.25, 0.3) is 0 Å². The third-order valence-electron chi connectivity index (χ3n) is 3.11. The highest BCUT2D eigenvalue weighted by atomic mass is 16.1. The Labute approximate surface area is 96.3 Å². The molecule has 0 aliphatic heterocycles. The van der Waals surface area contributed by atoms with Crippen molar-refractivity contribution in [2.24, 2.45) is 11.8 Å². The molecule has 0 heterocycles. The lowest BCUT2D eigenvalue weighted by Gasteiger charge is -2.28. The van der Waals surface area contributed by atoms with Crippen LogP contribution >= 0.6 is 0 Å². The quantitative estimate of drug-likeness (QED) is 0.783. The van der Waals surface area contributed by atoms with Crippen LogP contribution in [0, 0.1) is 11.8 Å². The van der Waals surface area contributed by atoms with Gasteiger partial charge in [-0.2, -0.15) is 0 Å². The van der Waals surface area contributed by atoms with Gasteiger partial charge in [-0.3, -0.25) is 4.79 Å². The van der Waals surface area contributed by atoms with Crippen LogP contribution in [0.15, 0.2) is 0 Å². The third kappa shape index (κ3) is 4.78. The Kier molecular flexibility index (Phi) is 7.67. The fraction of sp³-hybridized carbons (Fsp3) is 0.923. The molecule has 0 radical (unpaired) electrons. The first-order valence-corrected chi connectivity index (χ1v) is 6.36. The van der Waals surface area contributed by atoms with Crippen LogP contribution in [0.1, 0.15) is 54.8 Å². The molecule has 0 amide bonds. The number of hydrogen-bond acceptors (Lipinski definition) is 2. The number of carbonyl (C=O) groups is 1. The summed E-state index contributed by atoms with van der Waals surface area (Å²) in [6.07, 6.45) is 4.50. The van der Waals surface area contributed by atoms with Gasteiger partial charge < -0.3 is 5.32 Å². The van der Waals surface area contributed by atoms with Crippen LogP contribution < -0.4 is 5.32 Å². The third-order valence-corrected chi connectivity index (χ3v) is 3.11. The number of nitrogens with one attached hydrogen (secondary N) is 1. The van der Waals surface area contributed by atoms with E-state index in [4.69, 9.17) is 0 Å². The van der Waals surface area contributed by atoms with Gasteiger partial charge in [0.1, 0.15) is 5.78 Å². The molecule has 92 valence electrons. The second kappa shape index (κ2) is 7.86. The minimum absolute atomic E-state index is 0. The molecule has 0 atom stereocenters. The standard InChI is InChI=1S/C11H21NO.C2H6.H2/c1-8(2)11(13)9-4-6-10(12-3)7-5-9;1-2;/h8-10,12H,4-7H2,1-3H3;1-2H3;1H. The van der Waals surface area contributed by atoms with Crippen LogP contribution in [-0.4, -0.2) is 18.9 Å². The Morgan fingerprint density at radius 3 is 2.00 bits per heavy atom. The van der Waals surface area contributed by atoms with Gasteiger partial charge in [-0.05, 0) is 32.7 Å². The summed E-state index contributed by atoms with van der Waals surface area (Å²) in [6, 6.07) is 0.649. The summed E-state index contributed by atoms with van der Waals surface area (Å²) >= 11 is 0. The van der Waals surface area contributed by atoms with E-state index in [0.717, 1.165) is 12.8 Å². The highest BCUT2D eigenvalue weighted by Crippen LogP contribution is 2.26. The zero-order chi connectivity index (χ0) is 11.8. The molecule has 0 bridgehead atoms. The highest BCUT2D eigenvalue weighted by molar-refractivity contribution is 5.82. The van der Waals surface area contributed by atoms with Crippen LogP contribution in [0.3, 0.4) is 0 Å². The molecule has 2 nitrogen and oxygen atoms in total. The van der Waals surface area contributed by atoms with E-state index < -0.39 is 0 Å². The van der Waals surface area contributed by atoms with Crippen LogP contribution in [0.4, 0.5) is 0 Å². The van der Waals surface area contributed by atoms with E-state index in [-0.39, 0.29) is 7.34 Å². The van der Waals surface area contributed by atoms with Gasteiger partial charge in [-0.25, -0.2) is 0 Å². The normalized spacial score (nSPS) is 25.7. The van der Waals surface area contributed by atoms with E-state index in [1.165, 1.54) is 12.8 Å². The van der Waals surface area contributed by atoms with Crippen LogP contribution in [-0.2, 0) is 4.79 Å². The van der Waals surface area contributed by atoms with Gasteiger partial charge in [-0.15, -0.1) is 0 Å². The van der Waals surface area contributed by atoms with Gasteiger partial charge in [-0.1, -0.05) is 27.7 Å². The van der Waals surface area contributed by atoms with Crippen molar-refractivity contribution in [3.05, 3.63) is 0 Å². The van der Waals surface area contributed by atoms with Crippen LogP contribution in [0.2, 0.25) is 0 Å². The molecule has 0 aromatic heterocycles. The summed E-state index contributed by atoms with van der Waals surface area (Å²) in [6.45, 7) is 8.01. The second-order valence-electron chi connectivity index (χ2n) is 4.39. The van der Waals surface area contributed by atoms with Crippen LogP contribution in [0.25, 0.3) is 0 Å². The zero-order valence-electron chi connectivity index (χ0n) is 11.0. The molecular formula is C13H29NO. The molecule has 2 heteroatoms. The molecule has 0 aromatic carbocycles. The van der Waals surface area contributed by atoms with Crippen molar-refractivity contribution in [2.75, 3.05) is 7.05 Å². The topological polar surface area (TPSA) is 29.1 Å². The molecule has 1 aliphatic carbocycles. The fourth-order valence-corrected chi connectivity index (χ4v) is 2.14. The summed E-state index contributed by atoms with van der Waals surface area (Å²) in [4.78, 5) is 11.7. The van der Waals surface area contributed by atoms with Crippen molar-refractivity contribution < 1.29 is 6.22 Å². The molecule has 1 N–H and O–H groups in total. The number of hydrogen-bond donors (Lipinski definition) is 1. The first-order valence-electron chi connectivity index (χ1n) is 6.36. The van der Waals surface area contributed by atoms with Gasteiger partial charge in [0.15, 0.2) is 0 Å². The fourth-order valence-electron chi connectivity index (χ4n) is 2.14. The summed E-state index contributed by atoms with van der Waals surface area (Å²) in [5.41, 5.74) is 0. The predicted molar refractivity (Wildman–Crippen MR) is 68.1 cm³/mol. The Balaban J connectivity index is 0. The number of ketones is 1. The van der Waals surface area contributed by atoms with E-state index >= 15 is 0 Å². The van der Waals surface area contributed by atoms with Crippen LogP contribution in [0.5, 0.6) is 0 Å². The molecule has 15 heavy (non-hydrogen) atoms. The van der Waals surface area contributed by atoms with Gasteiger partial charge in [0, 0.05) is 19.3 Å². The SMILES string of the molecule is CC.CNC1CCC(C(=O)C(C)C)CC1.[HH]. The Morgan fingerprint density at radius 1 is 1.20 bits per heavy atom. The average Bonchev–Trinajstić information content (AvgIpc) is 2.31. The largest absolute Gasteiger partial charge is 0.317 e. The molecule has 1 aliphatic rings. The maximum absolute atomic E-state index is 11.7. The smallest absolute Gasteiger partial charge is 0.138 e. The van der Waals surface area contributed by atoms with E-state index in [0.29, 0.717) is 17.7 Å². The van der Waals surface area contributed by atoms with E-state index in [1.54, 1.807) is 0 Å². The maximum Gasteiger partial charge on any atom is 0.138 e. The minimum Gasteiger partial charge on any atom is -0.317 e. The maximum atomic E-state index is 11.7. The molecule has 0 aromatic rings. The summed E-state index contributed by atoms with van der Waals surface area (Å²) < 4.78 is 0. The number of carbonyl (C=O) groups excluding carboxylic acids is 1. The summed E-state index contributed by atoms with van der Waals surface area (Å²) in [5, 5.41) is 3.28. The number of Topliss-reactive ketones (excluding diaryl/α,β-unsaturated/α-hetero) is 1. The van der Waals surface area contributed by atoms with Crippen molar-refractivity contribution in [1.29, 1.82) is 0 Å². The monoisotopic (exact) mass is 215 g/mol. The first kappa shape index (κ1) is 14.6. The lowest BCUT2D eigenvalue weighted by molar-refractivity contribution is -0.126. The average molecular weight is 215 g/mol. The van der Waals surface area contributed by atoms with E-state index in [1.807, 2.05) is 34.7 Å². The van der Waals surface area contributed by atoms with Crippen molar-refractivity contribution in [1.82, 2.24) is 5.32 Å². The molecule has 0 saturated heterocycles. The lowest BCUT2D eigenvalue weighted by Crippen LogP contribution is -2.33. The highest BCUT2D eigenvalue weighted by Gasteiger charge is 2.26. The van der Waals surface area contributed by atoms with Crippen molar-refractivity contribution >= 4 is 5.78 Å². The Hall–Kier alpha value is -0.370.